The number of carbonyl (C=O) groups is 2. The number of nitrogens with zero attached hydrogens (tertiary/aromatic N) is 1. The van der Waals surface area contributed by atoms with Crippen molar-refractivity contribution in [3.8, 4) is 0 Å². The van der Waals surface area contributed by atoms with Gasteiger partial charge in [-0.25, -0.2) is 13.6 Å². The van der Waals surface area contributed by atoms with Crippen molar-refractivity contribution in [3.63, 3.8) is 0 Å². The number of nitrogens with one attached hydrogen (secondary N) is 2. The van der Waals surface area contributed by atoms with Crippen LogP contribution in [-0.2, 0) is 14.8 Å². The fraction of sp³-hybridized carbons (Fsp3) is 0.222. The monoisotopic (exact) mass is 454 g/mol. The highest BCUT2D eigenvalue weighted by Crippen LogP contribution is 2.25. The molecule has 0 bridgehead atoms. The van der Waals surface area contributed by atoms with E-state index >= 15 is 0 Å². The van der Waals surface area contributed by atoms with Crippen molar-refractivity contribution in [3.05, 3.63) is 63.2 Å². The van der Waals surface area contributed by atoms with Crippen LogP contribution in [0.2, 0.25) is 5.02 Å². The molecule has 0 unspecified atom stereocenters. The number of nitro groups is 1. The highest BCUT2D eigenvalue weighted by molar-refractivity contribution is 7.89. The van der Waals surface area contributed by atoms with Crippen LogP contribution in [-0.4, -0.2) is 31.2 Å². The van der Waals surface area contributed by atoms with Crippen LogP contribution < -0.4 is 15.8 Å². The maximum absolute atomic E-state index is 12.7. The van der Waals surface area contributed by atoms with Crippen molar-refractivity contribution < 1.29 is 22.9 Å². The molecule has 30 heavy (non-hydrogen) atoms. The van der Waals surface area contributed by atoms with Gasteiger partial charge < -0.3 is 10.6 Å². The lowest BCUT2D eigenvalue weighted by atomic mass is 10.0. The zero-order valence-electron chi connectivity index (χ0n) is 16.0. The molecule has 0 aromatic heterocycles. The van der Waals surface area contributed by atoms with Gasteiger partial charge in [-0.15, -0.1) is 0 Å². The first-order chi connectivity index (χ1) is 13.9. The number of primary sulfonamides is 1. The fourth-order valence-electron chi connectivity index (χ4n) is 2.52. The molecule has 0 aliphatic carbocycles. The van der Waals surface area contributed by atoms with Gasteiger partial charge in [0.05, 0.1) is 9.82 Å². The smallest absolute Gasteiger partial charge is 0.288 e. The normalized spacial score (nSPS) is 12.3. The van der Waals surface area contributed by atoms with Crippen LogP contribution in [0.25, 0.3) is 0 Å². The minimum atomic E-state index is -3.95. The Labute approximate surface area is 177 Å². The Balaban J connectivity index is 2.22. The van der Waals surface area contributed by atoms with Crippen LogP contribution in [0, 0.1) is 16.0 Å². The Morgan fingerprint density at radius 2 is 1.83 bits per heavy atom. The third-order valence-electron chi connectivity index (χ3n) is 4.07. The number of halogens is 1. The van der Waals surface area contributed by atoms with Gasteiger partial charge in [0.2, 0.25) is 15.9 Å². The molecule has 12 heteroatoms. The lowest BCUT2D eigenvalue weighted by Gasteiger charge is -2.22. The Morgan fingerprint density at radius 1 is 1.17 bits per heavy atom. The molecule has 10 nitrogen and oxygen atoms in total. The minimum absolute atomic E-state index is 0.0410. The molecule has 2 amide bonds. The average molecular weight is 455 g/mol. The van der Waals surface area contributed by atoms with Crippen molar-refractivity contribution in [1.82, 2.24) is 5.32 Å². The number of hydrogen-bond acceptors (Lipinski definition) is 6. The molecule has 0 radical (unpaired) electrons. The number of nitrogens with two attached hydrogens (primary N) is 1. The van der Waals surface area contributed by atoms with Gasteiger partial charge in [-0.1, -0.05) is 31.5 Å². The van der Waals surface area contributed by atoms with Crippen molar-refractivity contribution in [2.24, 2.45) is 11.1 Å². The molecule has 0 aliphatic heterocycles. The Morgan fingerprint density at radius 3 is 2.40 bits per heavy atom. The van der Waals surface area contributed by atoms with Crippen molar-refractivity contribution in [2.75, 3.05) is 5.32 Å². The molecule has 0 heterocycles. The summed E-state index contributed by atoms with van der Waals surface area (Å²) in [6.45, 7) is 3.38. The van der Waals surface area contributed by atoms with Gasteiger partial charge >= 0.3 is 0 Å². The van der Waals surface area contributed by atoms with E-state index in [1.54, 1.807) is 13.8 Å². The molecule has 0 spiro atoms. The highest BCUT2D eigenvalue weighted by Gasteiger charge is 2.26. The molecule has 0 aliphatic rings. The van der Waals surface area contributed by atoms with E-state index in [1.165, 1.54) is 36.4 Å². The van der Waals surface area contributed by atoms with E-state index in [0.29, 0.717) is 0 Å². The van der Waals surface area contributed by atoms with Gasteiger partial charge in [0.1, 0.15) is 11.1 Å². The number of nitro benzene ring substituents is 1. The molecule has 4 N–H and O–H groups in total. The summed E-state index contributed by atoms with van der Waals surface area (Å²) in [6.07, 6.45) is 0. The number of amides is 2. The molecular formula is C18H19ClN4O6S. The first-order valence-corrected chi connectivity index (χ1v) is 10.5. The molecule has 160 valence electrons. The topological polar surface area (TPSA) is 162 Å². The predicted molar refractivity (Wildman–Crippen MR) is 111 cm³/mol. The standard InChI is InChI=1S/C18H19ClN4O6S/c1-10(2)16(18(25)21-12-4-3-5-13(9-12)30(20,28)29)22-17(24)11-6-7-14(19)15(8-11)23(26)27/h3-10,16H,1-2H3,(H,21,25)(H,22,24)(H2,20,28,29)/t16-/m0/s1. The zero-order chi connectivity index (χ0) is 22.6. The van der Waals surface area contributed by atoms with Crippen LogP contribution >= 0.6 is 11.6 Å². The van der Waals surface area contributed by atoms with Crippen LogP contribution in [0.15, 0.2) is 47.4 Å². The maximum Gasteiger partial charge on any atom is 0.288 e. The molecule has 1 atom stereocenters. The van der Waals surface area contributed by atoms with E-state index in [-0.39, 0.29) is 27.1 Å². The van der Waals surface area contributed by atoms with E-state index in [1.807, 2.05) is 0 Å². The van der Waals surface area contributed by atoms with E-state index in [4.69, 9.17) is 16.7 Å². The first-order valence-electron chi connectivity index (χ1n) is 8.58. The van der Waals surface area contributed by atoms with E-state index in [9.17, 15) is 28.1 Å². The average Bonchev–Trinajstić information content (AvgIpc) is 2.65. The van der Waals surface area contributed by atoms with Gasteiger partial charge in [0.15, 0.2) is 0 Å². The van der Waals surface area contributed by atoms with Gasteiger partial charge in [-0.05, 0) is 36.2 Å². The maximum atomic E-state index is 12.7. The van der Waals surface area contributed by atoms with Gasteiger partial charge in [0.25, 0.3) is 11.6 Å². The predicted octanol–water partition coefficient (Wildman–Crippen LogP) is 2.29. The molecule has 0 saturated heterocycles. The second kappa shape index (κ2) is 9.20. The molecule has 0 saturated carbocycles. The van der Waals surface area contributed by atoms with Crippen LogP contribution in [0.3, 0.4) is 0 Å². The Hall–Kier alpha value is -3.02. The molecule has 0 fully saturated rings. The summed E-state index contributed by atoms with van der Waals surface area (Å²) in [6, 6.07) is 7.87. The van der Waals surface area contributed by atoms with Gasteiger partial charge in [-0.3, -0.25) is 19.7 Å². The van der Waals surface area contributed by atoms with Crippen LogP contribution in [0.1, 0.15) is 24.2 Å². The Kier molecular flexibility index (Phi) is 7.13. The first kappa shape index (κ1) is 23.3. The number of benzene rings is 2. The fourth-order valence-corrected chi connectivity index (χ4v) is 3.27. The van der Waals surface area contributed by atoms with Crippen molar-refractivity contribution >= 4 is 44.8 Å². The summed E-state index contributed by atoms with van der Waals surface area (Å²) in [5, 5.41) is 21.0. The molecule has 2 rings (SSSR count). The quantitative estimate of drug-likeness (QED) is 0.429. The van der Waals surface area contributed by atoms with Crippen LogP contribution in [0.4, 0.5) is 11.4 Å². The summed E-state index contributed by atoms with van der Waals surface area (Å²) in [7, 11) is -3.95. The minimum Gasteiger partial charge on any atom is -0.340 e. The summed E-state index contributed by atoms with van der Waals surface area (Å²) >= 11 is 5.75. The Bertz CT molecular complexity index is 1100. The molecule has 2 aromatic carbocycles. The molecule has 2 aromatic rings. The number of rotatable bonds is 7. The highest BCUT2D eigenvalue weighted by atomic mass is 35.5. The van der Waals surface area contributed by atoms with Crippen LogP contribution in [0.5, 0.6) is 0 Å². The lowest BCUT2D eigenvalue weighted by Crippen LogP contribution is -2.47. The van der Waals surface area contributed by atoms with Crippen molar-refractivity contribution in [2.45, 2.75) is 24.8 Å². The van der Waals surface area contributed by atoms with E-state index in [2.05, 4.69) is 10.6 Å². The zero-order valence-corrected chi connectivity index (χ0v) is 17.5. The largest absolute Gasteiger partial charge is 0.340 e. The number of anilines is 1. The summed E-state index contributed by atoms with van der Waals surface area (Å²) in [5.74, 6) is -1.66. The summed E-state index contributed by atoms with van der Waals surface area (Å²) in [5.41, 5.74) is -0.302. The van der Waals surface area contributed by atoms with E-state index < -0.39 is 38.5 Å². The second-order valence-electron chi connectivity index (χ2n) is 6.68. The van der Waals surface area contributed by atoms with Gasteiger partial charge in [0, 0.05) is 17.3 Å². The number of carbonyl (C=O) groups excluding carboxylic acids is 2. The SMILES string of the molecule is CC(C)[C@H](NC(=O)c1ccc(Cl)c([N+](=O)[O-])c1)C(=O)Nc1cccc(S(N)(=O)=O)c1. The second-order valence-corrected chi connectivity index (χ2v) is 8.65. The third kappa shape index (κ3) is 5.75. The third-order valence-corrected chi connectivity index (χ3v) is 5.30. The summed E-state index contributed by atoms with van der Waals surface area (Å²) in [4.78, 5) is 35.3. The van der Waals surface area contributed by atoms with Crippen molar-refractivity contribution in [1.29, 1.82) is 0 Å². The van der Waals surface area contributed by atoms with E-state index in [0.717, 1.165) is 6.07 Å². The summed E-state index contributed by atoms with van der Waals surface area (Å²) < 4.78 is 22.9. The van der Waals surface area contributed by atoms with Gasteiger partial charge in [-0.2, -0.15) is 0 Å². The number of hydrogen-bond donors (Lipinski definition) is 3. The molecular weight excluding hydrogens is 436 g/mol. The number of sulfonamides is 1. The lowest BCUT2D eigenvalue weighted by molar-refractivity contribution is -0.384.